The first kappa shape index (κ1) is 87.2. The third-order valence-electron chi connectivity index (χ3n) is 21.2. The smallest absolute Gasteiger partial charge is 0.248 e. The Kier molecular flexibility index (Phi) is 27.1. The molecule has 23 N–H and O–H groups in total. The highest BCUT2D eigenvalue weighted by Crippen LogP contribution is 2.50. The van der Waals surface area contributed by atoms with E-state index < -0.39 is 239 Å². The van der Waals surface area contributed by atoms with Crippen molar-refractivity contribution in [3.63, 3.8) is 0 Å². The lowest BCUT2D eigenvalue weighted by molar-refractivity contribution is -0.333. The summed E-state index contributed by atoms with van der Waals surface area (Å²) in [7, 11) is 5.10. The molecular formula is C78H101ClN12O25. The predicted molar refractivity (Wildman–Crippen MR) is 409 cm³/mol. The molecule has 8 aliphatic rings. The molecule has 5 aromatic carbocycles. The number of likely N-dealkylation sites (N-methyl/N-ethyl adjacent to an activating group) is 1. The van der Waals surface area contributed by atoms with Crippen LogP contribution in [0.4, 0.5) is 0 Å². The Bertz CT molecular complexity index is 4480. The number of aliphatic hydroxyl groups is 6. The predicted octanol–water partition coefficient (Wildman–Crippen LogP) is -0.326. The van der Waals surface area contributed by atoms with E-state index >= 15 is 28.8 Å². The minimum Gasteiger partial charge on any atom is -0.508 e. The molecule has 3 saturated heterocycles. The average Bonchev–Trinajstić information content (AvgIpc) is 0.769. The molecule has 0 saturated carbocycles. The second-order valence-electron chi connectivity index (χ2n) is 31.2. The van der Waals surface area contributed by atoms with Crippen LogP contribution in [0.1, 0.15) is 132 Å². The molecule has 0 radical (unpaired) electrons. The van der Waals surface area contributed by atoms with Crippen molar-refractivity contribution < 1.29 is 122 Å². The van der Waals surface area contributed by atoms with Gasteiger partial charge in [-0.1, -0.05) is 49.7 Å². The van der Waals surface area contributed by atoms with Crippen molar-refractivity contribution in [3.05, 3.63) is 118 Å². The quantitative estimate of drug-likeness (QED) is 0.0471. The summed E-state index contributed by atoms with van der Waals surface area (Å²) in [5.41, 5.74) is 14.4. The maximum absolute atomic E-state index is 16.5. The van der Waals surface area contributed by atoms with Gasteiger partial charge in [0.25, 0.3) is 0 Å². The van der Waals surface area contributed by atoms with Gasteiger partial charge in [0.15, 0.2) is 30.2 Å². The molecule has 38 heteroatoms. The van der Waals surface area contributed by atoms with Crippen LogP contribution in [0.5, 0.6) is 46.0 Å². The van der Waals surface area contributed by atoms with Gasteiger partial charge in [0, 0.05) is 47.7 Å². The third kappa shape index (κ3) is 19.5. The monoisotopic (exact) mass is 1640 g/mol. The number of aromatic hydroxyl groups is 3. The number of phenols is 3. The molecule has 22 atom stereocenters. The number of ether oxygens (including phenoxy) is 8. The van der Waals surface area contributed by atoms with Crippen LogP contribution in [0.25, 0.3) is 11.1 Å². The number of carbonyl (C=O) groups is 8. The minimum absolute atomic E-state index is 0.000146. The van der Waals surface area contributed by atoms with Gasteiger partial charge in [-0.05, 0) is 157 Å². The molecule has 8 heterocycles. The third-order valence-corrected chi connectivity index (χ3v) is 21.5. The fourth-order valence-electron chi connectivity index (χ4n) is 14.9. The van der Waals surface area contributed by atoms with Crippen LogP contribution in [0, 0.1) is 5.92 Å². The maximum Gasteiger partial charge on any atom is 0.248 e. The normalized spacial score (nSPS) is 31.2. The second kappa shape index (κ2) is 36.1. The van der Waals surface area contributed by atoms with Crippen LogP contribution in [-0.4, -0.2) is 242 Å². The van der Waals surface area contributed by atoms with Gasteiger partial charge in [-0.15, -0.1) is 0 Å². The Balaban J connectivity index is 1.18. The van der Waals surface area contributed by atoms with Crippen molar-refractivity contribution in [2.45, 2.75) is 207 Å². The molecular weight excluding hydrogens is 1540 g/mol. The molecule has 5 aromatic rings. The van der Waals surface area contributed by atoms with E-state index in [9.17, 15) is 55.5 Å². The van der Waals surface area contributed by atoms with Gasteiger partial charge in [-0.25, -0.2) is 0 Å². The number of halogens is 1. The van der Waals surface area contributed by atoms with Gasteiger partial charge in [0.1, 0.15) is 95.5 Å². The number of amides is 8. The first-order chi connectivity index (χ1) is 54.7. The van der Waals surface area contributed by atoms with Gasteiger partial charge in [-0.2, -0.15) is 0 Å². The lowest BCUT2D eigenvalue weighted by atomic mass is 9.86. The zero-order valence-corrected chi connectivity index (χ0v) is 65.7. The topological polar surface area (TPSA) is 570 Å². The van der Waals surface area contributed by atoms with Crippen LogP contribution < -0.4 is 73.9 Å². The summed E-state index contributed by atoms with van der Waals surface area (Å²) < 4.78 is 52.2. The molecule has 630 valence electrons. The molecule has 116 heavy (non-hydrogen) atoms. The van der Waals surface area contributed by atoms with Crippen molar-refractivity contribution in [1.82, 2.24) is 47.4 Å². The second-order valence-corrected chi connectivity index (χ2v) is 31.6. The summed E-state index contributed by atoms with van der Waals surface area (Å²) in [5, 5.41) is 126. The molecule has 9 unspecified atom stereocenters. The maximum atomic E-state index is 16.5. The molecule has 11 bridgehead atoms. The van der Waals surface area contributed by atoms with Gasteiger partial charge in [0.05, 0.1) is 48.5 Å². The summed E-state index contributed by atoms with van der Waals surface area (Å²) in [6, 6.07) is 2.75. The lowest BCUT2D eigenvalue weighted by Gasteiger charge is -2.47. The number of hydrogen-bond acceptors (Lipinski definition) is 29. The molecule has 0 spiro atoms. The van der Waals surface area contributed by atoms with E-state index in [1.165, 1.54) is 71.1 Å². The Labute approximate surface area is 671 Å². The number of nitrogens with zero attached hydrogens (tertiary/aromatic N) is 1. The summed E-state index contributed by atoms with van der Waals surface area (Å²) in [6.07, 6.45) is -21.8. The summed E-state index contributed by atoms with van der Waals surface area (Å²) >= 11 is 7.17. The van der Waals surface area contributed by atoms with E-state index in [2.05, 4.69) is 42.5 Å². The largest absolute Gasteiger partial charge is 0.508 e. The SMILES string of the molecule is CNC(CC(C)C)C(=O)NC1C(=O)NC(CC(N)=O)C(=O)NC2C(=O)NC3C(=O)NC(C(=O)NC(C(=O)NCCCN(C)C)c4cc(O)cc(O)c4-c4cc3ccc4O)C(O[C@H]3C[C@](C)(N)[C@@H](O)[C@H](C)O3)c3ccc(cc3)Oc3cc2cc(c3O[C@@H]2O[C@H](CO)[C@@H](O)[C@H](O)[C@H]2O[C@H]2C[C@](C)(N)[C@@H](O)[C@H](C)O2)Oc2ccc(cc2Cl)C1O. The highest BCUT2D eigenvalue weighted by molar-refractivity contribution is 6.32. The van der Waals surface area contributed by atoms with Crippen molar-refractivity contribution >= 4 is 58.9 Å². The summed E-state index contributed by atoms with van der Waals surface area (Å²) in [5.74, 6) is -14.0. The number of primary amides is 1. The van der Waals surface area contributed by atoms with Crippen molar-refractivity contribution in [2.24, 2.45) is 23.1 Å². The van der Waals surface area contributed by atoms with Crippen LogP contribution in [0.3, 0.4) is 0 Å². The van der Waals surface area contributed by atoms with E-state index in [1.54, 1.807) is 14.1 Å². The number of nitrogens with one attached hydrogen (secondary N) is 8. The Morgan fingerprint density at radius 3 is 1.91 bits per heavy atom. The molecule has 0 aromatic heterocycles. The average molecular weight is 1640 g/mol. The molecule has 8 aliphatic heterocycles. The molecule has 3 fully saturated rings. The number of fused-ring (bicyclic) bond motifs is 15. The van der Waals surface area contributed by atoms with E-state index in [0.29, 0.717) is 13.0 Å². The highest BCUT2D eigenvalue weighted by atomic mass is 35.5. The molecule has 13 rings (SSSR count). The zero-order chi connectivity index (χ0) is 84.4. The number of hydrogen-bond donors (Lipinski definition) is 20. The number of benzene rings is 5. The van der Waals surface area contributed by atoms with E-state index in [0.717, 1.165) is 48.5 Å². The fourth-order valence-corrected chi connectivity index (χ4v) is 15.2. The Morgan fingerprint density at radius 1 is 0.690 bits per heavy atom. The van der Waals surface area contributed by atoms with Crippen molar-refractivity contribution in [3.8, 4) is 57.1 Å². The standard InChI is InChI=1S/C78H101ClN12O25/c1-32(2)21-44(83-7)69(102)89-59-61(97)37-14-18-48(43(79)23-37)112-50-25-38-24-49(65(50)116-76-66(63(99)62(98)51(31-92)113-76)115-54-30-78(6,82)68(101)34(4)110-54)111-40-15-11-35(12-16-40)64(114-53-29-77(5,81)67(100)33(3)109-53)60-75(108)88-58(71(104)84-19-10-20-91(8)9)42-26-39(93)27-47(95)55(42)41-22-36(13-17-46(41)94)56(72(105)90-60)87-73(106)57(38)86-70(103)45(28-52(80)96)85-74(59)107/h11-18,22-27,32-34,44-45,51,53-54,56-64,66-68,76,83,92-95,97-101H,10,19-21,28-31,81-82H2,1-9H3,(H2,80,96)(H,84,104)(H,85,107)(H,86,103)(H,87,106)(H,88,108)(H,89,102)(H,90,105)/t33-,34-,44?,45?,51+,53-,54-,56?,57?,58?,59?,60?,61?,62+,63-,64?,66+,67-,68-,76-,77-,78-/m0/s1. The summed E-state index contributed by atoms with van der Waals surface area (Å²) in [6.45, 7) is 9.24. The number of rotatable bonds is 19. The van der Waals surface area contributed by atoms with E-state index in [1.807, 2.05) is 18.7 Å². The highest BCUT2D eigenvalue weighted by Gasteiger charge is 2.52. The Morgan fingerprint density at radius 2 is 1.30 bits per heavy atom. The zero-order valence-electron chi connectivity index (χ0n) is 65.0. The van der Waals surface area contributed by atoms with Crippen LogP contribution in [0.15, 0.2) is 84.9 Å². The molecule has 0 aliphatic carbocycles. The van der Waals surface area contributed by atoms with Crippen molar-refractivity contribution in [1.29, 1.82) is 0 Å². The first-order valence-corrected chi connectivity index (χ1v) is 38.2. The lowest BCUT2D eigenvalue weighted by Crippen LogP contribution is -2.64. The number of carbonyl (C=O) groups excluding carboxylic acids is 8. The number of phenolic OH excluding ortho intramolecular Hbond substituents is 3. The number of nitrogens with two attached hydrogens (primary N) is 3. The van der Waals surface area contributed by atoms with E-state index in [4.69, 9.17) is 66.7 Å². The number of aliphatic hydroxyl groups excluding tert-OH is 6. The van der Waals surface area contributed by atoms with Crippen LogP contribution in [-0.2, 0) is 62.0 Å². The van der Waals surface area contributed by atoms with Crippen LogP contribution >= 0.6 is 11.6 Å². The van der Waals surface area contributed by atoms with Gasteiger partial charge in [-0.3, -0.25) is 38.4 Å². The van der Waals surface area contributed by atoms with Crippen LogP contribution in [0.2, 0.25) is 5.02 Å². The molecule has 8 amide bonds. The summed E-state index contributed by atoms with van der Waals surface area (Å²) in [4.78, 5) is 124. The first-order valence-electron chi connectivity index (χ1n) is 37.8. The Hall–Kier alpha value is -9.65. The van der Waals surface area contributed by atoms with Gasteiger partial charge < -0.3 is 148 Å². The van der Waals surface area contributed by atoms with Gasteiger partial charge >= 0.3 is 0 Å². The fraction of sp³-hybridized carbons (Fsp3) is 0.513. The minimum atomic E-state index is -2.33. The van der Waals surface area contributed by atoms with Gasteiger partial charge in [0.2, 0.25) is 59.3 Å². The molecule has 37 nitrogen and oxygen atoms in total. The van der Waals surface area contributed by atoms with E-state index in [-0.39, 0.29) is 76.1 Å². The van der Waals surface area contributed by atoms with Crippen molar-refractivity contribution in [2.75, 3.05) is 40.8 Å².